The van der Waals surface area contributed by atoms with Gasteiger partial charge in [-0.2, -0.15) is 0 Å². The van der Waals surface area contributed by atoms with Gasteiger partial charge in [0, 0.05) is 22.0 Å². The van der Waals surface area contributed by atoms with Crippen molar-refractivity contribution in [3.63, 3.8) is 0 Å². The third-order valence-corrected chi connectivity index (χ3v) is 8.01. The molecule has 0 saturated carbocycles. The van der Waals surface area contributed by atoms with E-state index in [1.54, 1.807) is 0 Å². The molecule has 4 aromatic heterocycles. The molecule has 0 saturated heterocycles. The first-order valence-electron chi connectivity index (χ1n) is 14.8. The highest BCUT2D eigenvalue weighted by molar-refractivity contribution is 6.03. The van der Waals surface area contributed by atoms with Gasteiger partial charge in [0.05, 0.1) is 44.8 Å². The van der Waals surface area contributed by atoms with Crippen LogP contribution >= 0.6 is 0 Å². The van der Waals surface area contributed by atoms with E-state index in [2.05, 4.69) is 85.8 Å². The van der Waals surface area contributed by atoms with Gasteiger partial charge >= 0.3 is 0 Å². The Morgan fingerprint density at radius 3 is 1.80 bits per heavy atom. The molecule has 0 aliphatic carbocycles. The van der Waals surface area contributed by atoms with Crippen LogP contribution in [0.25, 0.3) is 78.0 Å². The Bertz CT molecular complexity index is 2330. The summed E-state index contributed by atoms with van der Waals surface area (Å²) in [7, 11) is 0. The number of para-hydroxylation sites is 2. The highest BCUT2D eigenvalue weighted by atomic mass is 14.9. The van der Waals surface area contributed by atoms with E-state index in [0.29, 0.717) is 0 Å². The fourth-order valence-corrected chi connectivity index (χ4v) is 5.71. The van der Waals surface area contributed by atoms with Crippen LogP contribution in [-0.4, -0.2) is 24.9 Å². The van der Waals surface area contributed by atoms with Gasteiger partial charge in [-0.25, -0.2) is 19.9 Å². The van der Waals surface area contributed by atoms with Crippen LogP contribution in [0, 0.1) is 0 Å². The SMILES string of the molecule is CCc1ccc2ccc3ccc(-c4cccc(-c5nc6ccccc6nc5-c5cccc(-c6ccccc6)c5)n4)nc3c2n1. The number of pyridine rings is 3. The fraction of sp³-hybridized carbons (Fsp3) is 0.0513. The summed E-state index contributed by atoms with van der Waals surface area (Å²) in [6.45, 7) is 2.12. The second-order valence-electron chi connectivity index (χ2n) is 10.8. The first-order valence-corrected chi connectivity index (χ1v) is 14.8. The molecule has 0 unspecified atom stereocenters. The zero-order chi connectivity index (χ0) is 29.5. The molecule has 4 aromatic carbocycles. The standard InChI is InChI=1S/C39H27N5/c1-2-30-22-20-26-18-19-27-21-23-34(43-37(27)36(26)40-30)31-16-9-17-35(41-31)39-38(42-32-14-6-7-15-33(32)44-39)29-13-8-12-28(24-29)25-10-4-3-5-11-25/h3-24H,2H2,1H3. The van der Waals surface area contributed by atoms with E-state index < -0.39 is 0 Å². The molecule has 5 heteroatoms. The summed E-state index contributed by atoms with van der Waals surface area (Å²) in [6.07, 6.45) is 0.874. The summed E-state index contributed by atoms with van der Waals surface area (Å²) in [4.78, 5) is 25.4. The summed E-state index contributed by atoms with van der Waals surface area (Å²) >= 11 is 0. The molecule has 0 aliphatic rings. The molecule has 5 nitrogen and oxygen atoms in total. The molecule has 0 aliphatic heterocycles. The zero-order valence-corrected chi connectivity index (χ0v) is 24.1. The zero-order valence-electron chi connectivity index (χ0n) is 24.1. The largest absolute Gasteiger partial charge is 0.251 e. The van der Waals surface area contributed by atoms with E-state index in [4.69, 9.17) is 24.9 Å². The van der Waals surface area contributed by atoms with Crippen LogP contribution in [-0.2, 0) is 6.42 Å². The Morgan fingerprint density at radius 2 is 1.00 bits per heavy atom. The van der Waals surface area contributed by atoms with Crippen molar-refractivity contribution in [3.8, 4) is 45.2 Å². The first-order chi connectivity index (χ1) is 21.7. The lowest BCUT2D eigenvalue weighted by Gasteiger charge is -2.12. The molecule has 208 valence electrons. The molecule has 8 rings (SSSR count). The van der Waals surface area contributed by atoms with Crippen molar-refractivity contribution in [2.45, 2.75) is 13.3 Å². The minimum atomic E-state index is 0.733. The molecule has 0 atom stereocenters. The lowest BCUT2D eigenvalue weighted by molar-refractivity contribution is 1.06. The Morgan fingerprint density at radius 1 is 0.409 bits per heavy atom. The fourth-order valence-electron chi connectivity index (χ4n) is 5.71. The van der Waals surface area contributed by atoms with Crippen molar-refractivity contribution >= 4 is 32.8 Å². The van der Waals surface area contributed by atoms with Crippen LogP contribution in [0.2, 0.25) is 0 Å². The number of aryl methyl sites for hydroxylation is 1. The summed E-state index contributed by atoms with van der Waals surface area (Å²) in [5, 5.41) is 2.13. The Kier molecular flexibility index (Phi) is 6.34. The number of nitrogens with zero attached hydrogens (tertiary/aromatic N) is 5. The van der Waals surface area contributed by atoms with Crippen molar-refractivity contribution in [2.24, 2.45) is 0 Å². The van der Waals surface area contributed by atoms with E-state index in [1.165, 1.54) is 0 Å². The third kappa shape index (κ3) is 4.65. The van der Waals surface area contributed by atoms with Crippen LogP contribution in [0.15, 0.2) is 133 Å². The second-order valence-corrected chi connectivity index (χ2v) is 10.8. The lowest BCUT2D eigenvalue weighted by Crippen LogP contribution is -1.98. The highest BCUT2D eigenvalue weighted by Crippen LogP contribution is 2.34. The van der Waals surface area contributed by atoms with Crippen LogP contribution < -0.4 is 0 Å². The van der Waals surface area contributed by atoms with Gasteiger partial charge in [0.1, 0.15) is 5.69 Å². The Hall–Kier alpha value is -5.81. The molecule has 44 heavy (non-hydrogen) atoms. The number of hydrogen-bond donors (Lipinski definition) is 0. The highest BCUT2D eigenvalue weighted by Gasteiger charge is 2.17. The van der Waals surface area contributed by atoms with Gasteiger partial charge in [-0.15, -0.1) is 0 Å². The monoisotopic (exact) mass is 565 g/mol. The Labute approximate surface area is 255 Å². The normalized spacial score (nSPS) is 11.4. The number of benzene rings is 4. The number of aromatic nitrogens is 5. The average Bonchev–Trinajstić information content (AvgIpc) is 3.11. The van der Waals surface area contributed by atoms with E-state index in [1.807, 2.05) is 54.6 Å². The second kappa shape index (κ2) is 10.8. The van der Waals surface area contributed by atoms with Crippen LogP contribution in [0.3, 0.4) is 0 Å². The molecule has 0 spiro atoms. The Balaban J connectivity index is 1.29. The maximum atomic E-state index is 5.12. The van der Waals surface area contributed by atoms with E-state index in [0.717, 1.165) is 90.1 Å². The number of hydrogen-bond acceptors (Lipinski definition) is 5. The summed E-state index contributed by atoms with van der Waals surface area (Å²) in [6, 6.07) is 45.4. The molecular formula is C39H27N5. The van der Waals surface area contributed by atoms with E-state index >= 15 is 0 Å². The predicted octanol–water partition coefficient (Wildman–Crippen LogP) is 9.35. The summed E-state index contributed by atoms with van der Waals surface area (Å²) in [5.41, 5.74) is 11.6. The smallest absolute Gasteiger partial charge is 0.116 e. The molecule has 0 radical (unpaired) electrons. The van der Waals surface area contributed by atoms with Crippen molar-refractivity contribution in [1.82, 2.24) is 24.9 Å². The number of fused-ring (bicyclic) bond motifs is 4. The topological polar surface area (TPSA) is 64.5 Å². The molecular weight excluding hydrogens is 538 g/mol. The maximum Gasteiger partial charge on any atom is 0.116 e. The van der Waals surface area contributed by atoms with Crippen molar-refractivity contribution < 1.29 is 0 Å². The lowest BCUT2D eigenvalue weighted by atomic mass is 10.00. The molecule has 0 amide bonds. The molecule has 4 heterocycles. The van der Waals surface area contributed by atoms with Crippen LogP contribution in [0.4, 0.5) is 0 Å². The first kappa shape index (κ1) is 25.9. The predicted molar refractivity (Wildman–Crippen MR) is 179 cm³/mol. The van der Waals surface area contributed by atoms with Gasteiger partial charge < -0.3 is 0 Å². The molecule has 0 fully saturated rings. The molecule has 0 N–H and O–H groups in total. The van der Waals surface area contributed by atoms with Gasteiger partial charge in [0.25, 0.3) is 0 Å². The van der Waals surface area contributed by atoms with Gasteiger partial charge in [0.2, 0.25) is 0 Å². The van der Waals surface area contributed by atoms with Crippen LogP contribution in [0.5, 0.6) is 0 Å². The average molecular weight is 566 g/mol. The quantitative estimate of drug-likeness (QED) is 0.195. The van der Waals surface area contributed by atoms with Gasteiger partial charge in [0.15, 0.2) is 0 Å². The van der Waals surface area contributed by atoms with Gasteiger partial charge in [-0.1, -0.05) is 97.9 Å². The molecule has 0 bridgehead atoms. The van der Waals surface area contributed by atoms with Crippen LogP contribution in [0.1, 0.15) is 12.6 Å². The van der Waals surface area contributed by atoms with E-state index in [9.17, 15) is 0 Å². The number of rotatable bonds is 5. The third-order valence-electron chi connectivity index (χ3n) is 8.01. The van der Waals surface area contributed by atoms with Crippen molar-refractivity contribution in [2.75, 3.05) is 0 Å². The minimum Gasteiger partial charge on any atom is -0.251 e. The minimum absolute atomic E-state index is 0.733. The van der Waals surface area contributed by atoms with Gasteiger partial charge in [-0.3, -0.25) is 4.98 Å². The summed E-state index contributed by atoms with van der Waals surface area (Å²) in [5.74, 6) is 0. The summed E-state index contributed by atoms with van der Waals surface area (Å²) < 4.78 is 0. The maximum absolute atomic E-state index is 5.12. The van der Waals surface area contributed by atoms with Crippen molar-refractivity contribution in [1.29, 1.82) is 0 Å². The van der Waals surface area contributed by atoms with Crippen molar-refractivity contribution in [3.05, 3.63) is 139 Å². The van der Waals surface area contributed by atoms with E-state index in [-0.39, 0.29) is 0 Å². The molecule has 8 aromatic rings. The van der Waals surface area contributed by atoms with Gasteiger partial charge in [-0.05, 0) is 60.0 Å².